The molecule has 0 fully saturated rings. The van der Waals surface area contributed by atoms with Crippen LogP contribution < -0.4 is 0 Å². The second-order valence-corrected chi connectivity index (χ2v) is 24.2. The van der Waals surface area contributed by atoms with E-state index in [0.717, 1.165) is 61.5 Å². The third-order valence-corrected chi connectivity index (χ3v) is 14.2. The van der Waals surface area contributed by atoms with Gasteiger partial charge in [0.05, 0.1) is 28.1 Å². The van der Waals surface area contributed by atoms with Gasteiger partial charge in [-0.2, -0.15) is 0 Å². The fourth-order valence-corrected chi connectivity index (χ4v) is 9.65. The predicted molar refractivity (Wildman–Crippen MR) is 307 cm³/mol. The van der Waals surface area contributed by atoms with Gasteiger partial charge in [0, 0.05) is 44.2 Å². The van der Waals surface area contributed by atoms with Crippen LogP contribution >= 0.6 is 0 Å². The monoisotopic (exact) mass is 957 g/mol. The van der Waals surface area contributed by atoms with Gasteiger partial charge >= 0.3 is 0 Å². The Hall–Kier alpha value is -7.57. The summed E-state index contributed by atoms with van der Waals surface area (Å²) in [7, 11) is 0. The van der Waals surface area contributed by atoms with Crippen molar-refractivity contribution in [1.29, 1.82) is 0 Å². The van der Waals surface area contributed by atoms with Crippen molar-refractivity contribution in [2.24, 2.45) is 0 Å². The number of hydrogen-bond acceptors (Lipinski definition) is 5. The Morgan fingerprint density at radius 2 is 0.712 bits per heavy atom. The van der Waals surface area contributed by atoms with Gasteiger partial charge in [0.25, 0.3) is 0 Å². The van der Waals surface area contributed by atoms with Crippen LogP contribution in [-0.4, -0.2) is 29.5 Å². The van der Waals surface area contributed by atoms with Crippen LogP contribution in [0.5, 0.6) is 0 Å². The SMILES string of the molecule is Cc1ccc2c(c1)c1cc(C)ccc1n2-c1ccc(-c2nc(-c3cc(C(C)(C)C)cc(C(C)(C)C)c3)nc(-c3cc(C(C)(C)C)cc(C(C)(C)C)c3)n2)cc1-c1cc(-c2ccccc2)nc(-c2ccccc2)n1. The predicted octanol–water partition coefficient (Wildman–Crippen LogP) is 17.6. The maximum absolute atomic E-state index is 5.50. The molecule has 0 bridgehead atoms. The van der Waals surface area contributed by atoms with Gasteiger partial charge in [0.15, 0.2) is 23.3 Å². The molecule has 0 radical (unpaired) electrons. The minimum atomic E-state index is -0.110. The lowest BCUT2D eigenvalue weighted by Crippen LogP contribution is -2.17. The van der Waals surface area contributed by atoms with E-state index in [9.17, 15) is 0 Å². The Morgan fingerprint density at radius 1 is 0.315 bits per heavy atom. The van der Waals surface area contributed by atoms with E-state index in [1.54, 1.807) is 0 Å². The first-order valence-electron chi connectivity index (χ1n) is 25.7. The van der Waals surface area contributed by atoms with Gasteiger partial charge in [0.1, 0.15) is 0 Å². The van der Waals surface area contributed by atoms with Crippen LogP contribution in [0.25, 0.3) is 95.6 Å². The topological polar surface area (TPSA) is 69.4 Å². The lowest BCUT2D eigenvalue weighted by atomic mass is 9.79. The van der Waals surface area contributed by atoms with Crippen molar-refractivity contribution in [3.63, 3.8) is 0 Å². The molecular formula is C67H68N6. The Bertz CT molecular complexity index is 3450. The van der Waals surface area contributed by atoms with Crippen LogP contribution in [0.2, 0.25) is 0 Å². The van der Waals surface area contributed by atoms with Gasteiger partial charge in [-0.3, -0.25) is 0 Å². The van der Waals surface area contributed by atoms with Crippen molar-refractivity contribution in [3.05, 3.63) is 191 Å². The zero-order valence-corrected chi connectivity index (χ0v) is 45.2. The Balaban J connectivity index is 1.31. The van der Waals surface area contributed by atoms with E-state index in [-0.39, 0.29) is 21.7 Å². The molecule has 7 aromatic carbocycles. The zero-order valence-electron chi connectivity index (χ0n) is 45.2. The van der Waals surface area contributed by atoms with E-state index in [2.05, 4.69) is 235 Å². The van der Waals surface area contributed by atoms with Gasteiger partial charge in [0.2, 0.25) is 0 Å². The molecule has 0 aliphatic carbocycles. The summed E-state index contributed by atoms with van der Waals surface area (Å²) in [6.45, 7) is 31.6. The second kappa shape index (κ2) is 18.2. The lowest BCUT2D eigenvalue weighted by Gasteiger charge is -2.26. The molecule has 3 aromatic heterocycles. The van der Waals surface area contributed by atoms with Crippen LogP contribution in [-0.2, 0) is 21.7 Å². The molecule has 366 valence electrons. The number of rotatable bonds is 7. The minimum absolute atomic E-state index is 0.110. The van der Waals surface area contributed by atoms with E-state index in [1.165, 1.54) is 44.2 Å². The molecule has 0 amide bonds. The van der Waals surface area contributed by atoms with Gasteiger partial charge < -0.3 is 4.57 Å². The fourth-order valence-electron chi connectivity index (χ4n) is 9.65. The third-order valence-electron chi connectivity index (χ3n) is 14.2. The van der Waals surface area contributed by atoms with Gasteiger partial charge in [-0.25, -0.2) is 24.9 Å². The molecule has 0 saturated heterocycles. The van der Waals surface area contributed by atoms with E-state index >= 15 is 0 Å². The second-order valence-electron chi connectivity index (χ2n) is 24.2. The largest absolute Gasteiger partial charge is 0.309 e. The molecule has 0 atom stereocenters. The molecule has 0 saturated carbocycles. The summed E-state index contributed by atoms with van der Waals surface area (Å²) in [6, 6.07) is 56.8. The molecule has 10 rings (SSSR count). The molecule has 0 N–H and O–H groups in total. The number of aryl methyl sites for hydroxylation is 2. The van der Waals surface area contributed by atoms with Gasteiger partial charge in [-0.05, 0) is 131 Å². The summed E-state index contributed by atoms with van der Waals surface area (Å²) in [5.41, 5.74) is 17.4. The molecule has 73 heavy (non-hydrogen) atoms. The Kier molecular flexibility index (Phi) is 12.2. The number of hydrogen-bond donors (Lipinski definition) is 0. The summed E-state index contributed by atoms with van der Waals surface area (Å²) < 4.78 is 2.40. The normalized spacial score (nSPS) is 12.5. The molecule has 0 spiro atoms. The molecular weight excluding hydrogens is 889 g/mol. The van der Waals surface area contributed by atoms with E-state index < -0.39 is 0 Å². The number of aromatic nitrogens is 6. The average Bonchev–Trinajstić information content (AvgIpc) is 3.67. The molecule has 0 aliphatic rings. The molecule has 6 nitrogen and oxygen atoms in total. The fraction of sp³-hybridized carbons (Fsp3) is 0.269. The van der Waals surface area contributed by atoms with Crippen LogP contribution in [0, 0.1) is 13.8 Å². The van der Waals surface area contributed by atoms with E-state index in [1.807, 2.05) is 24.3 Å². The summed E-state index contributed by atoms with van der Waals surface area (Å²) in [4.78, 5) is 27.2. The van der Waals surface area contributed by atoms with Crippen molar-refractivity contribution in [3.8, 4) is 73.8 Å². The van der Waals surface area contributed by atoms with Crippen molar-refractivity contribution in [1.82, 2.24) is 29.5 Å². The summed E-state index contributed by atoms with van der Waals surface area (Å²) in [5, 5.41) is 2.41. The van der Waals surface area contributed by atoms with Crippen molar-refractivity contribution < 1.29 is 0 Å². The average molecular weight is 957 g/mol. The number of benzene rings is 7. The highest BCUT2D eigenvalue weighted by Crippen LogP contribution is 2.41. The highest BCUT2D eigenvalue weighted by atomic mass is 15.0. The molecule has 0 unspecified atom stereocenters. The summed E-state index contributed by atoms with van der Waals surface area (Å²) >= 11 is 0. The summed E-state index contributed by atoms with van der Waals surface area (Å²) in [6.07, 6.45) is 0. The first-order valence-corrected chi connectivity index (χ1v) is 25.7. The zero-order chi connectivity index (χ0) is 51.8. The molecule has 10 aromatic rings. The van der Waals surface area contributed by atoms with Crippen molar-refractivity contribution >= 4 is 21.8 Å². The lowest BCUT2D eigenvalue weighted by molar-refractivity contribution is 0.568. The third kappa shape index (κ3) is 9.88. The van der Waals surface area contributed by atoms with Crippen molar-refractivity contribution in [2.75, 3.05) is 0 Å². The standard InChI is InChI=1S/C67H68N6/c1-41-25-28-57-52(31-41)53-32-42(2)26-29-58(53)73(57)59-30-27-45(37-54(59)56-40-55(43-21-17-15-18-22-43)68-60(69-56)44-23-19-16-20-24-44)61-70-62(46-33-48(64(3,4)5)38-49(34-46)65(6,7)8)72-63(71-61)47-35-50(66(9,10)11)39-51(36-47)67(12,13)14/h15-40H,1-14H3. The van der Waals surface area contributed by atoms with Gasteiger partial charge in [-0.15, -0.1) is 0 Å². The first kappa shape index (κ1) is 49.0. The van der Waals surface area contributed by atoms with Gasteiger partial charge in [-0.1, -0.05) is 179 Å². The van der Waals surface area contributed by atoms with E-state index in [0.29, 0.717) is 23.3 Å². The molecule has 3 heterocycles. The maximum atomic E-state index is 5.50. The quantitative estimate of drug-likeness (QED) is 0.159. The number of fused-ring (bicyclic) bond motifs is 3. The molecule has 0 aliphatic heterocycles. The summed E-state index contributed by atoms with van der Waals surface area (Å²) in [5.74, 6) is 2.49. The number of nitrogens with zero attached hydrogens (tertiary/aromatic N) is 6. The first-order chi connectivity index (χ1) is 34.5. The highest BCUT2D eigenvalue weighted by molar-refractivity contribution is 6.10. The maximum Gasteiger partial charge on any atom is 0.164 e. The highest BCUT2D eigenvalue weighted by Gasteiger charge is 2.27. The smallest absolute Gasteiger partial charge is 0.164 e. The Labute approximate surface area is 432 Å². The van der Waals surface area contributed by atoms with Crippen LogP contribution in [0.15, 0.2) is 158 Å². The Morgan fingerprint density at radius 3 is 1.15 bits per heavy atom. The molecule has 6 heteroatoms. The van der Waals surface area contributed by atoms with Crippen molar-refractivity contribution in [2.45, 2.75) is 119 Å². The van der Waals surface area contributed by atoms with E-state index in [4.69, 9.17) is 24.9 Å². The van der Waals surface area contributed by atoms with Crippen LogP contribution in [0.3, 0.4) is 0 Å². The van der Waals surface area contributed by atoms with Crippen LogP contribution in [0.1, 0.15) is 116 Å². The van der Waals surface area contributed by atoms with Crippen LogP contribution in [0.4, 0.5) is 0 Å². The minimum Gasteiger partial charge on any atom is -0.309 e.